The van der Waals surface area contributed by atoms with Gasteiger partial charge < -0.3 is 21.1 Å². The zero-order valence-corrected chi connectivity index (χ0v) is 15.0. The number of hydrogen-bond donors (Lipinski definition) is 3. The second kappa shape index (κ2) is 8.59. The Morgan fingerprint density at radius 2 is 2.15 bits per heavy atom. The van der Waals surface area contributed by atoms with Crippen molar-refractivity contribution in [2.75, 3.05) is 31.6 Å². The van der Waals surface area contributed by atoms with Gasteiger partial charge >= 0.3 is 0 Å². The van der Waals surface area contributed by atoms with Crippen molar-refractivity contribution < 1.29 is 14.7 Å². The molecule has 1 aromatic heterocycles. The van der Waals surface area contributed by atoms with Crippen molar-refractivity contribution in [2.45, 2.75) is 12.8 Å². The van der Waals surface area contributed by atoms with Gasteiger partial charge in [0.25, 0.3) is 5.91 Å². The first-order chi connectivity index (χ1) is 13.1. The summed E-state index contributed by atoms with van der Waals surface area (Å²) in [5.74, 6) is -0.153. The minimum Gasteiger partial charge on any atom is -0.395 e. The molecule has 0 aliphatic carbocycles. The highest BCUT2D eigenvalue weighted by Gasteiger charge is 2.27. The topological polar surface area (TPSA) is 121 Å². The number of aliphatic hydroxyl groups excluding tert-OH is 1. The molecule has 8 heteroatoms. The summed E-state index contributed by atoms with van der Waals surface area (Å²) < 4.78 is 0. The Hall–Kier alpha value is -3.00. The van der Waals surface area contributed by atoms with Gasteiger partial charge in [-0.05, 0) is 25.0 Å². The van der Waals surface area contributed by atoms with E-state index >= 15 is 0 Å². The first kappa shape index (κ1) is 18.8. The number of carbonyl (C=O) groups excluding carboxylic acids is 2. The van der Waals surface area contributed by atoms with Gasteiger partial charge in [-0.1, -0.05) is 12.1 Å². The predicted octanol–water partition coefficient (Wildman–Crippen LogP) is 0.885. The standard InChI is InChI=1S/C19H23N5O3/c20-18(26)15-5-2-7-24(11-15)19(27)14-4-1-3-13(9-14)16-10-17(21-6-8-25)23-12-22-16/h1,3-4,9-10,12,15,25H,2,5-8,11H2,(H2,20,26)(H,21,22,23). The molecule has 0 spiro atoms. The zero-order chi connectivity index (χ0) is 19.2. The van der Waals surface area contributed by atoms with E-state index < -0.39 is 0 Å². The van der Waals surface area contributed by atoms with E-state index in [-0.39, 0.29) is 24.3 Å². The smallest absolute Gasteiger partial charge is 0.253 e. The molecule has 1 aromatic carbocycles. The van der Waals surface area contributed by atoms with Crippen molar-refractivity contribution in [3.05, 3.63) is 42.2 Å². The Morgan fingerprint density at radius 1 is 1.30 bits per heavy atom. The highest BCUT2D eigenvalue weighted by atomic mass is 16.3. The number of primary amides is 1. The number of carbonyl (C=O) groups is 2. The number of amides is 2. The third kappa shape index (κ3) is 4.59. The fourth-order valence-electron chi connectivity index (χ4n) is 3.18. The highest BCUT2D eigenvalue weighted by Crippen LogP contribution is 2.23. The van der Waals surface area contributed by atoms with Crippen LogP contribution in [0.2, 0.25) is 0 Å². The largest absolute Gasteiger partial charge is 0.395 e. The number of aliphatic hydroxyl groups is 1. The second-order valence-corrected chi connectivity index (χ2v) is 6.51. The Labute approximate surface area is 157 Å². The van der Waals surface area contributed by atoms with E-state index in [4.69, 9.17) is 10.8 Å². The van der Waals surface area contributed by atoms with Gasteiger partial charge in [-0.2, -0.15) is 0 Å². The number of likely N-dealkylation sites (tertiary alicyclic amines) is 1. The second-order valence-electron chi connectivity index (χ2n) is 6.51. The third-order valence-corrected chi connectivity index (χ3v) is 4.60. The molecule has 1 aliphatic heterocycles. The minimum absolute atomic E-state index is 0.00541. The molecule has 2 heterocycles. The van der Waals surface area contributed by atoms with E-state index in [1.54, 1.807) is 29.2 Å². The van der Waals surface area contributed by atoms with Gasteiger partial charge in [0.1, 0.15) is 12.1 Å². The van der Waals surface area contributed by atoms with Crippen LogP contribution in [0.4, 0.5) is 5.82 Å². The number of nitrogens with one attached hydrogen (secondary N) is 1. The maximum atomic E-state index is 12.9. The molecule has 1 unspecified atom stereocenters. The summed E-state index contributed by atoms with van der Waals surface area (Å²) in [6, 6.07) is 8.99. The molecule has 0 bridgehead atoms. The molecule has 1 atom stereocenters. The Kier molecular flexibility index (Phi) is 5.97. The summed E-state index contributed by atoms with van der Waals surface area (Å²) in [5, 5.41) is 11.9. The molecule has 142 valence electrons. The molecular weight excluding hydrogens is 346 g/mol. The van der Waals surface area contributed by atoms with Crippen molar-refractivity contribution in [3.8, 4) is 11.3 Å². The fourth-order valence-corrected chi connectivity index (χ4v) is 3.18. The third-order valence-electron chi connectivity index (χ3n) is 4.60. The predicted molar refractivity (Wildman–Crippen MR) is 101 cm³/mol. The summed E-state index contributed by atoms with van der Waals surface area (Å²) in [7, 11) is 0. The molecule has 27 heavy (non-hydrogen) atoms. The first-order valence-corrected chi connectivity index (χ1v) is 8.94. The quantitative estimate of drug-likeness (QED) is 0.695. The molecule has 2 amide bonds. The van der Waals surface area contributed by atoms with Crippen molar-refractivity contribution in [1.29, 1.82) is 0 Å². The average Bonchev–Trinajstić information content (AvgIpc) is 2.72. The van der Waals surface area contributed by atoms with Gasteiger partial charge in [0.2, 0.25) is 5.91 Å². The number of hydrogen-bond acceptors (Lipinski definition) is 6. The van der Waals surface area contributed by atoms with Crippen LogP contribution in [0.15, 0.2) is 36.7 Å². The summed E-state index contributed by atoms with van der Waals surface area (Å²) in [6.07, 6.45) is 2.93. The lowest BCUT2D eigenvalue weighted by atomic mass is 9.96. The number of nitrogens with two attached hydrogens (primary N) is 1. The maximum Gasteiger partial charge on any atom is 0.253 e. The van der Waals surface area contributed by atoms with Crippen molar-refractivity contribution in [2.24, 2.45) is 11.7 Å². The van der Waals surface area contributed by atoms with Crippen LogP contribution in [0.25, 0.3) is 11.3 Å². The summed E-state index contributed by atoms with van der Waals surface area (Å²) in [4.78, 5) is 34.4. The molecule has 1 saturated heterocycles. The summed E-state index contributed by atoms with van der Waals surface area (Å²) >= 11 is 0. The Morgan fingerprint density at radius 3 is 2.93 bits per heavy atom. The lowest BCUT2D eigenvalue weighted by Gasteiger charge is -2.31. The van der Waals surface area contributed by atoms with Gasteiger partial charge in [-0.3, -0.25) is 9.59 Å². The summed E-state index contributed by atoms with van der Waals surface area (Å²) in [5.41, 5.74) is 7.41. The molecule has 0 saturated carbocycles. The summed E-state index contributed by atoms with van der Waals surface area (Å²) in [6.45, 7) is 1.38. The van der Waals surface area contributed by atoms with Crippen LogP contribution < -0.4 is 11.1 Å². The lowest BCUT2D eigenvalue weighted by molar-refractivity contribution is -0.123. The van der Waals surface area contributed by atoms with Crippen LogP contribution in [0.5, 0.6) is 0 Å². The van der Waals surface area contributed by atoms with Crippen LogP contribution in [0.3, 0.4) is 0 Å². The van der Waals surface area contributed by atoms with Gasteiger partial charge in [0, 0.05) is 36.8 Å². The van der Waals surface area contributed by atoms with E-state index in [1.165, 1.54) is 6.33 Å². The number of rotatable bonds is 6. The number of anilines is 1. The average molecular weight is 369 g/mol. The Balaban J connectivity index is 1.79. The van der Waals surface area contributed by atoms with Crippen molar-refractivity contribution >= 4 is 17.6 Å². The number of piperidine rings is 1. The van der Waals surface area contributed by atoms with Gasteiger partial charge in [-0.15, -0.1) is 0 Å². The molecular formula is C19H23N5O3. The zero-order valence-electron chi connectivity index (χ0n) is 15.0. The van der Waals surface area contributed by atoms with Crippen LogP contribution in [0.1, 0.15) is 23.2 Å². The normalized spacial score (nSPS) is 16.8. The van der Waals surface area contributed by atoms with Gasteiger partial charge in [-0.25, -0.2) is 9.97 Å². The maximum absolute atomic E-state index is 12.9. The highest BCUT2D eigenvalue weighted by molar-refractivity contribution is 5.95. The lowest BCUT2D eigenvalue weighted by Crippen LogP contribution is -2.44. The van der Waals surface area contributed by atoms with E-state index in [1.807, 2.05) is 6.07 Å². The molecule has 1 fully saturated rings. The molecule has 3 rings (SSSR count). The Bertz CT molecular complexity index is 826. The van der Waals surface area contributed by atoms with Gasteiger partial charge in [0.15, 0.2) is 0 Å². The van der Waals surface area contributed by atoms with E-state index in [9.17, 15) is 9.59 Å². The van der Waals surface area contributed by atoms with Crippen LogP contribution in [-0.2, 0) is 4.79 Å². The van der Waals surface area contributed by atoms with Crippen LogP contribution in [0, 0.1) is 5.92 Å². The van der Waals surface area contributed by atoms with Crippen LogP contribution in [-0.4, -0.2) is 58.0 Å². The van der Waals surface area contributed by atoms with E-state index in [0.29, 0.717) is 36.7 Å². The SMILES string of the molecule is NC(=O)C1CCCN(C(=O)c2cccc(-c3cc(NCCO)ncn3)c2)C1. The molecule has 1 aliphatic rings. The minimum atomic E-state index is -0.356. The molecule has 2 aromatic rings. The monoisotopic (exact) mass is 369 g/mol. The number of aromatic nitrogens is 2. The van der Waals surface area contributed by atoms with Crippen molar-refractivity contribution in [3.63, 3.8) is 0 Å². The molecule has 0 radical (unpaired) electrons. The van der Waals surface area contributed by atoms with E-state index in [0.717, 1.165) is 18.4 Å². The van der Waals surface area contributed by atoms with Crippen LogP contribution >= 0.6 is 0 Å². The number of nitrogens with zero attached hydrogens (tertiary/aromatic N) is 3. The van der Waals surface area contributed by atoms with Gasteiger partial charge in [0.05, 0.1) is 18.2 Å². The van der Waals surface area contributed by atoms with E-state index in [2.05, 4.69) is 15.3 Å². The molecule has 4 N–H and O–H groups in total. The van der Waals surface area contributed by atoms with Crippen molar-refractivity contribution in [1.82, 2.24) is 14.9 Å². The first-order valence-electron chi connectivity index (χ1n) is 8.94. The molecule has 8 nitrogen and oxygen atoms in total. The number of benzene rings is 1. The fraction of sp³-hybridized carbons (Fsp3) is 0.368.